The molecule has 0 saturated carbocycles. The summed E-state index contributed by atoms with van der Waals surface area (Å²) in [6.45, 7) is 8.07. The highest BCUT2D eigenvalue weighted by Gasteiger charge is 2.36. The summed E-state index contributed by atoms with van der Waals surface area (Å²) >= 11 is 0. The van der Waals surface area contributed by atoms with Gasteiger partial charge in [-0.05, 0) is 68.0 Å². The number of morpholine rings is 1. The zero-order valence-electron chi connectivity index (χ0n) is 33.8. The fourth-order valence-corrected chi connectivity index (χ4v) is 7.78. The molecule has 1 aromatic carbocycles. The number of rotatable bonds is 7. The van der Waals surface area contributed by atoms with Gasteiger partial charge in [-0.2, -0.15) is 0 Å². The summed E-state index contributed by atoms with van der Waals surface area (Å²) in [5.74, 6) is 4.55. The molecule has 59 heavy (non-hydrogen) atoms. The van der Waals surface area contributed by atoms with Gasteiger partial charge >= 0.3 is 6.09 Å². The van der Waals surface area contributed by atoms with Gasteiger partial charge in [-0.1, -0.05) is 43.9 Å². The Morgan fingerprint density at radius 1 is 1.14 bits per heavy atom. The van der Waals surface area contributed by atoms with Crippen LogP contribution >= 0.6 is 0 Å². The topological polar surface area (TPSA) is 197 Å². The van der Waals surface area contributed by atoms with Crippen LogP contribution in [-0.4, -0.2) is 92.9 Å². The first-order valence-corrected chi connectivity index (χ1v) is 19.9. The summed E-state index contributed by atoms with van der Waals surface area (Å²) < 4.78 is 28.8. The lowest BCUT2D eigenvalue weighted by Gasteiger charge is -2.30. The van der Waals surface area contributed by atoms with Gasteiger partial charge in [0.05, 0.1) is 42.1 Å². The average Bonchev–Trinajstić information content (AvgIpc) is 3.22. The lowest BCUT2D eigenvalue weighted by atomic mass is 9.83. The number of methoxy groups -OCH3 is 1. The number of Topliss-reactive ketones (excluding diaryl/α,β-unsaturated/α-hetero) is 2. The summed E-state index contributed by atoms with van der Waals surface area (Å²) in [5.41, 5.74) is 7.22. The second-order valence-corrected chi connectivity index (χ2v) is 15.3. The minimum absolute atomic E-state index is 0.0232. The number of nitrogens with one attached hydrogen (secondary N) is 1. The van der Waals surface area contributed by atoms with E-state index in [2.05, 4.69) is 17.2 Å². The molecule has 4 heterocycles. The van der Waals surface area contributed by atoms with Crippen LogP contribution in [0.1, 0.15) is 58.4 Å². The van der Waals surface area contributed by atoms with Gasteiger partial charge in [0, 0.05) is 62.7 Å². The van der Waals surface area contributed by atoms with E-state index >= 15 is 0 Å². The number of para-hydroxylation sites is 1. The molecule has 1 aromatic heterocycles. The Balaban J connectivity index is 1.21. The largest absolute Gasteiger partial charge is 0.478 e. The molecule has 6 atom stereocenters. The van der Waals surface area contributed by atoms with E-state index in [1.165, 1.54) is 25.3 Å². The number of aliphatic hydroxyl groups excluding tert-OH is 1. The number of unbranched alkanes of at least 4 members (excludes halogenated alkanes) is 1. The number of ketones is 3. The maximum atomic E-state index is 14.2. The van der Waals surface area contributed by atoms with Crippen LogP contribution in [0.3, 0.4) is 0 Å². The standard InChI is InChI=1S/C45H51N3O11/c1-26-20-32-40(47-15-7-5-6-10-29-11-8-12-31-33(49)25-39(58-44(29)31)48-16-18-56-19-17-48)35(51)24-30(42(32)53)23-34(50)36-13-9-14-37(57-36)43(59-45(46)54)28(3)22-27(2)41(52)38(21-26)55-4/h8-9,11-14,22,24-27,37-38,41,43,47,52H,5,7,15-21,23H2,1-4H3,(H2,46,54)/b28-22+/t26-,27+,37+,38+,41-,43+/m1/s1. The van der Waals surface area contributed by atoms with Gasteiger partial charge in [0.15, 0.2) is 40.6 Å². The van der Waals surface area contributed by atoms with Gasteiger partial charge < -0.3 is 44.4 Å². The first-order valence-electron chi connectivity index (χ1n) is 19.9. The molecule has 4 N–H and O–H groups in total. The second-order valence-electron chi connectivity index (χ2n) is 15.3. The molecule has 312 valence electrons. The molecule has 14 nitrogen and oxygen atoms in total. The van der Waals surface area contributed by atoms with Crippen molar-refractivity contribution in [2.45, 2.75) is 77.3 Å². The number of ether oxygens (including phenoxy) is 4. The molecule has 1 amide bonds. The Kier molecular flexibility index (Phi) is 14.0. The summed E-state index contributed by atoms with van der Waals surface area (Å²) in [6, 6.07) is 6.79. The van der Waals surface area contributed by atoms with Crippen LogP contribution in [0.15, 0.2) is 92.0 Å². The first kappa shape index (κ1) is 42.8. The van der Waals surface area contributed by atoms with Crippen LogP contribution in [0, 0.1) is 23.7 Å². The monoisotopic (exact) mass is 809 g/mol. The zero-order valence-corrected chi connectivity index (χ0v) is 33.8. The van der Waals surface area contributed by atoms with Crippen molar-refractivity contribution in [3.63, 3.8) is 0 Å². The van der Waals surface area contributed by atoms with Crippen LogP contribution in [0.25, 0.3) is 11.0 Å². The average molecular weight is 810 g/mol. The molecule has 0 radical (unpaired) electrons. The predicted octanol–water partition coefficient (Wildman–Crippen LogP) is 4.33. The molecule has 0 unspecified atom stereocenters. The minimum Gasteiger partial charge on any atom is -0.478 e. The summed E-state index contributed by atoms with van der Waals surface area (Å²) in [7, 11) is 1.50. The molecule has 2 aromatic rings. The highest BCUT2D eigenvalue weighted by atomic mass is 16.6. The molecule has 6 rings (SSSR count). The van der Waals surface area contributed by atoms with Crippen molar-refractivity contribution in [3.8, 4) is 11.8 Å². The summed E-state index contributed by atoms with van der Waals surface area (Å²) in [5, 5.41) is 15.1. The van der Waals surface area contributed by atoms with Gasteiger partial charge in [0.2, 0.25) is 11.6 Å². The van der Waals surface area contributed by atoms with Crippen molar-refractivity contribution < 1.29 is 47.6 Å². The van der Waals surface area contributed by atoms with E-state index in [-0.39, 0.29) is 40.4 Å². The van der Waals surface area contributed by atoms with Crippen LogP contribution in [0.2, 0.25) is 0 Å². The van der Waals surface area contributed by atoms with Gasteiger partial charge in [0.1, 0.15) is 0 Å². The number of amides is 1. The third-order valence-electron chi connectivity index (χ3n) is 10.9. The lowest BCUT2D eigenvalue weighted by molar-refractivity contribution is -0.121. The molecular weight excluding hydrogens is 759 g/mol. The third kappa shape index (κ3) is 10.3. The van der Waals surface area contributed by atoms with Crippen LogP contribution in [0.5, 0.6) is 0 Å². The molecule has 1 saturated heterocycles. The van der Waals surface area contributed by atoms with Gasteiger partial charge in [-0.25, -0.2) is 4.79 Å². The fraction of sp³-hybridized carbons (Fsp3) is 0.444. The number of nitrogens with two attached hydrogens (primary N) is 1. The zero-order chi connectivity index (χ0) is 42.2. The highest BCUT2D eigenvalue weighted by molar-refractivity contribution is 6.24. The molecule has 3 aliphatic heterocycles. The lowest BCUT2D eigenvalue weighted by Crippen LogP contribution is -2.38. The van der Waals surface area contributed by atoms with Gasteiger partial charge in [0.25, 0.3) is 0 Å². The number of primary amides is 1. The van der Waals surface area contributed by atoms with Gasteiger partial charge in [-0.3, -0.25) is 19.2 Å². The van der Waals surface area contributed by atoms with Crippen molar-refractivity contribution in [2.75, 3.05) is 44.9 Å². The third-order valence-corrected chi connectivity index (χ3v) is 10.9. The Morgan fingerprint density at radius 2 is 1.92 bits per heavy atom. The summed E-state index contributed by atoms with van der Waals surface area (Å²) in [6.07, 6.45) is 4.01. The van der Waals surface area contributed by atoms with E-state index in [0.717, 1.165) is 0 Å². The number of carbonyl (C=O) groups excluding carboxylic acids is 4. The molecule has 1 aliphatic carbocycles. The Labute approximate surface area is 342 Å². The Bertz CT molecular complexity index is 2250. The smallest absolute Gasteiger partial charge is 0.405 e. The van der Waals surface area contributed by atoms with Crippen molar-refractivity contribution in [2.24, 2.45) is 17.6 Å². The van der Waals surface area contributed by atoms with Gasteiger partial charge in [-0.15, -0.1) is 0 Å². The SMILES string of the molecule is CO[C@H]1C[C@H](C)CC2=C(NCCCC#Cc3cccc4c(=O)cc(N5CCOCC5)oc34)C(=O)C=C(CC(=O)C3=CC=C[C@H](O3)[C@@H](OC(N)=O)/C(C)=C/[C@H](C)[C@H]1O)C2=O. The maximum Gasteiger partial charge on any atom is 0.405 e. The van der Waals surface area contributed by atoms with E-state index in [9.17, 15) is 29.1 Å². The van der Waals surface area contributed by atoms with Crippen LogP contribution in [0.4, 0.5) is 10.7 Å². The number of hydrogen-bond acceptors (Lipinski definition) is 13. The summed E-state index contributed by atoms with van der Waals surface area (Å²) in [4.78, 5) is 68.4. The Morgan fingerprint density at radius 3 is 2.66 bits per heavy atom. The number of hydrogen-bond donors (Lipinski definition) is 3. The minimum atomic E-state index is -1.05. The second kappa shape index (κ2) is 19.3. The van der Waals surface area contributed by atoms with Crippen LogP contribution in [-0.2, 0) is 33.3 Å². The molecular formula is C45H51N3O11. The van der Waals surface area contributed by atoms with Crippen molar-refractivity contribution in [1.82, 2.24) is 5.32 Å². The number of anilines is 1. The molecule has 14 heteroatoms. The predicted molar refractivity (Wildman–Crippen MR) is 219 cm³/mol. The highest BCUT2D eigenvalue weighted by Crippen LogP contribution is 2.32. The van der Waals surface area contributed by atoms with Crippen molar-refractivity contribution >= 4 is 40.3 Å². The fourth-order valence-electron chi connectivity index (χ4n) is 7.78. The van der Waals surface area contributed by atoms with Crippen molar-refractivity contribution in [1.29, 1.82) is 0 Å². The van der Waals surface area contributed by atoms with E-state index in [0.29, 0.717) is 80.1 Å². The number of allylic oxidation sites excluding steroid dienone is 6. The number of aliphatic hydroxyl groups is 1. The van der Waals surface area contributed by atoms with Crippen LogP contribution < -0.4 is 21.4 Å². The Hall–Kier alpha value is -5.75. The quantitative estimate of drug-likeness (QED) is 0.155. The van der Waals surface area contributed by atoms with E-state index in [1.54, 1.807) is 50.3 Å². The molecule has 1 fully saturated rings. The maximum absolute atomic E-state index is 14.2. The van der Waals surface area contributed by atoms with E-state index in [4.69, 9.17) is 29.1 Å². The molecule has 4 aliphatic rings. The number of benzene rings is 1. The molecule has 4 bridgehead atoms. The normalized spacial score (nSPS) is 26.4. The van der Waals surface area contributed by atoms with E-state index in [1.807, 2.05) is 11.8 Å². The molecule has 0 spiro atoms. The number of fused-ring (bicyclic) bond motifs is 5. The van der Waals surface area contributed by atoms with E-state index < -0.39 is 60.2 Å². The number of nitrogens with zero attached hydrogens (tertiary/aromatic N) is 1. The number of carbonyl (C=O) groups is 4. The van der Waals surface area contributed by atoms with Crippen molar-refractivity contribution in [3.05, 3.63) is 98.6 Å². The first-order chi connectivity index (χ1) is 28.3.